The summed E-state index contributed by atoms with van der Waals surface area (Å²) in [5, 5.41) is 10.7. The molecule has 0 bridgehead atoms. The van der Waals surface area contributed by atoms with Crippen LogP contribution in [0.3, 0.4) is 0 Å². The summed E-state index contributed by atoms with van der Waals surface area (Å²) in [6.45, 7) is 0.850. The molecule has 126 valence electrons. The number of aliphatic hydroxyl groups excluding tert-OH is 1. The third-order valence-electron chi connectivity index (χ3n) is 3.92. The summed E-state index contributed by atoms with van der Waals surface area (Å²) < 4.78 is 11.1. The lowest BCUT2D eigenvalue weighted by molar-refractivity contribution is -0.149. The van der Waals surface area contributed by atoms with Gasteiger partial charge < -0.3 is 19.5 Å². The Labute approximate surface area is 145 Å². The van der Waals surface area contributed by atoms with Crippen LogP contribution in [0.4, 0.5) is 0 Å². The van der Waals surface area contributed by atoms with Gasteiger partial charge in [0, 0.05) is 5.02 Å². The van der Waals surface area contributed by atoms with Crippen LogP contribution in [0.1, 0.15) is 11.7 Å². The van der Waals surface area contributed by atoms with Gasteiger partial charge in [-0.1, -0.05) is 35.9 Å². The Kier molecular flexibility index (Phi) is 4.92. The van der Waals surface area contributed by atoms with Gasteiger partial charge in [-0.3, -0.25) is 4.79 Å². The number of carbonyl (C=O) groups excluding carboxylic acids is 1. The number of amides is 1. The molecule has 0 radical (unpaired) electrons. The number of nitrogens with zero attached hydrogens (tertiary/aromatic N) is 1. The van der Waals surface area contributed by atoms with Crippen molar-refractivity contribution in [3.05, 3.63) is 59.1 Å². The Morgan fingerprint density at radius 1 is 1.21 bits per heavy atom. The first-order chi connectivity index (χ1) is 11.6. The lowest BCUT2D eigenvalue weighted by atomic mass is 10.1. The zero-order valence-corrected chi connectivity index (χ0v) is 13.9. The number of benzene rings is 2. The molecule has 24 heavy (non-hydrogen) atoms. The smallest absolute Gasteiger partial charge is 0.256 e. The zero-order valence-electron chi connectivity index (χ0n) is 13.2. The van der Waals surface area contributed by atoms with Crippen LogP contribution in [0.25, 0.3) is 0 Å². The number of halogens is 1. The molecule has 1 unspecified atom stereocenters. The molecular formula is C18H18ClNO4. The van der Waals surface area contributed by atoms with E-state index >= 15 is 0 Å². The Bertz CT molecular complexity index is 730. The molecule has 1 fully saturated rings. The van der Waals surface area contributed by atoms with Crippen molar-refractivity contribution >= 4 is 17.5 Å². The third-order valence-corrected chi connectivity index (χ3v) is 4.16. The molecule has 5 nitrogen and oxygen atoms in total. The molecule has 0 aliphatic carbocycles. The number of rotatable bonds is 5. The number of para-hydroxylation sites is 2. The van der Waals surface area contributed by atoms with Crippen molar-refractivity contribution in [2.24, 2.45) is 0 Å². The molecule has 6 heteroatoms. The van der Waals surface area contributed by atoms with Gasteiger partial charge in [-0.2, -0.15) is 0 Å². The number of aliphatic hydroxyl groups is 1. The van der Waals surface area contributed by atoms with E-state index in [2.05, 4.69) is 0 Å². The van der Waals surface area contributed by atoms with Gasteiger partial charge in [0.05, 0.1) is 20.2 Å². The lowest BCUT2D eigenvalue weighted by Crippen LogP contribution is -2.57. The summed E-state index contributed by atoms with van der Waals surface area (Å²) in [4.78, 5) is 13.9. The SMILES string of the molecule is COc1ccccc1OC1CN(C(=O)C(O)c2cccc(Cl)c2)C1. The second-order valence-electron chi connectivity index (χ2n) is 5.59. The molecule has 1 heterocycles. The molecule has 0 saturated carbocycles. The van der Waals surface area contributed by atoms with E-state index in [1.165, 1.54) is 0 Å². The first-order valence-corrected chi connectivity index (χ1v) is 7.98. The van der Waals surface area contributed by atoms with Crippen LogP contribution < -0.4 is 9.47 Å². The molecular weight excluding hydrogens is 330 g/mol. The maximum absolute atomic E-state index is 12.3. The molecule has 1 atom stereocenters. The predicted octanol–water partition coefficient (Wildman–Crippen LogP) is 2.67. The number of hydrogen-bond donors (Lipinski definition) is 1. The number of ether oxygens (including phenoxy) is 2. The predicted molar refractivity (Wildman–Crippen MR) is 90.4 cm³/mol. The minimum Gasteiger partial charge on any atom is -0.493 e. The minimum absolute atomic E-state index is 0.114. The van der Waals surface area contributed by atoms with Crippen molar-refractivity contribution in [3.63, 3.8) is 0 Å². The number of hydrogen-bond acceptors (Lipinski definition) is 4. The Morgan fingerprint density at radius 2 is 1.92 bits per heavy atom. The third kappa shape index (κ3) is 3.47. The van der Waals surface area contributed by atoms with E-state index in [0.29, 0.717) is 35.2 Å². The highest BCUT2D eigenvalue weighted by Gasteiger charge is 2.36. The fraction of sp³-hybridized carbons (Fsp3) is 0.278. The first kappa shape index (κ1) is 16.6. The fourth-order valence-corrected chi connectivity index (χ4v) is 2.78. The fourth-order valence-electron chi connectivity index (χ4n) is 2.58. The Balaban J connectivity index is 1.57. The van der Waals surface area contributed by atoms with Crippen LogP contribution in [-0.4, -0.2) is 42.2 Å². The number of carbonyl (C=O) groups is 1. The van der Waals surface area contributed by atoms with Gasteiger partial charge in [0.15, 0.2) is 17.6 Å². The molecule has 1 aliphatic heterocycles. The van der Waals surface area contributed by atoms with Gasteiger partial charge in [-0.15, -0.1) is 0 Å². The van der Waals surface area contributed by atoms with Crippen molar-refractivity contribution in [1.82, 2.24) is 4.90 Å². The summed E-state index contributed by atoms with van der Waals surface area (Å²) in [5.74, 6) is 0.950. The summed E-state index contributed by atoms with van der Waals surface area (Å²) in [6, 6.07) is 14.0. The van der Waals surface area contributed by atoms with Gasteiger partial charge in [0.25, 0.3) is 5.91 Å². The Morgan fingerprint density at radius 3 is 2.58 bits per heavy atom. The van der Waals surface area contributed by atoms with E-state index < -0.39 is 6.10 Å². The molecule has 1 aliphatic rings. The van der Waals surface area contributed by atoms with E-state index in [1.807, 2.05) is 24.3 Å². The molecule has 1 N–H and O–H groups in total. The summed E-state index contributed by atoms with van der Waals surface area (Å²) in [6.07, 6.45) is -1.33. The van der Waals surface area contributed by atoms with Crippen LogP contribution in [0.5, 0.6) is 11.5 Å². The molecule has 1 saturated heterocycles. The summed E-state index contributed by atoms with van der Waals surface area (Å²) >= 11 is 5.90. The second kappa shape index (κ2) is 7.11. The number of likely N-dealkylation sites (tertiary alicyclic amines) is 1. The molecule has 0 spiro atoms. The maximum atomic E-state index is 12.3. The highest BCUT2D eigenvalue weighted by atomic mass is 35.5. The highest BCUT2D eigenvalue weighted by Crippen LogP contribution is 2.29. The number of methoxy groups -OCH3 is 1. The van der Waals surface area contributed by atoms with Gasteiger partial charge in [-0.25, -0.2) is 0 Å². The van der Waals surface area contributed by atoms with E-state index in [-0.39, 0.29) is 12.0 Å². The lowest BCUT2D eigenvalue weighted by Gasteiger charge is -2.40. The van der Waals surface area contributed by atoms with Crippen molar-refractivity contribution < 1.29 is 19.4 Å². The normalized spacial score (nSPS) is 15.5. The van der Waals surface area contributed by atoms with Crippen molar-refractivity contribution in [2.45, 2.75) is 12.2 Å². The van der Waals surface area contributed by atoms with Crippen LogP contribution >= 0.6 is 11.6 Å². The Hall–Kier alpha value is -2.24. The van der Waals surface area contributed by atoms with Crippen molar-refractivity contribution in [3.8, 4) is 11.5 Å². The van der Waals surface area contributed by atoms with E-state index in [0.717, 1.165) is 0 Å². The summed E-state index contributed by atoms with van der Waals surface area (Å²) in [7, 11) is 1.58. The van der Waals surface area contributed by atoms with Crippen molar-refractivity contribution in [2.75, 3.05) is 20.2 Å². The average Bonchev–Trinajstić information content (AvgIpc) is 2.56. The van der Waals surface area contributed by atoms with Crippen LogP contribution in [0.15, 0.2) is 48.5 Å². The van der Waals surface area contributed by atoms with Gasteiger partial charge in [0.1, 0.15) is 6.10 Å². The topological polar surface area (TPSA) is 59.0 Å². The zero-order chi connectivity index (χ0) is 17.1. The average molecular weight is 348 g/mol. The molecule has 2 aromatic carbocycles. The largest absolute Gasteiger partial charge is 0.493 e. The quantitative estimate of drug-likeness (QED) is 0.903. The van der Waals surface area contributed by atoms with Gasteiger partial charge in [-0.05, 0) is 29.8 Å². The van der Waals surface area contributed by atoms with Crippen molar-refractivity contribution in [1.29, 1.82) is 0 Å². The standard InChI is InChI=1S/C18H18ClNO4/c1-23-15-7-2-3-8-16(15)24-14-10-20(11-14)18(22)17(21)12-5-4-6-13(19)9-12/h2-9,14,17,21H,10-11H2,1H3. The van der Waals surface area contributed by atoms with E-state index in [9.17, 15) is 9.90 Å². The summed E-state index contributed by atoms with van der Waals surface area (Å²) in [5.41, 5.74) is 0.488. The highest BCUT2D eigenvalue weighted by molar-refractivity contribution is 6.30. The minimum atomic E-state index is -1.21. The van der Waals surface area contributed by atoms with Gasteiger partial charge >= 0.3 is 0 Å². The monoisotopic (exact) mass is 347 g/mol. The second-order valence-corrected chi connectivity index (χ2v) is 6.03. The van der Waals surface area contributed by atoms with Gasteiger partial charge in [0.2, 0.25) is 0 Å². The molecule has 3 rings (SSSR count). The van der Waals surface area contributed by atoms with Crippen LogP contribution in [0.2, 0.25) is 5.02 Å². The van der Waals surface area contributed by atoms with Crippen LogP contribution in [-0.2, 0) is 4.79 Å². The van der Waals surface area contributed by atoms with E-state index in [1.54, 1.807) is 36.3 Å². The molecule has 2 aromatic rings. The van der Waals surface area contributed by atoms with Crippen LogP contribution in [0, 0.1) is 0 Å². The first-order valence-electron chi connectivity index (χ1n) is 7.60. The molecule has 1 amide bonds. The van der Waals surface area contributed by atoms with E-state index in [4.69, 9.17) is 21.1 Å². The molecule has 0 aromatic heterocycles. The maximum Gasteiger partial charge on any atom is 0.256 e.